The number of aliphatic carboxylic acids is 1. The second-order valence-corrected chi connectivity index (χ2v) is 9.82. The summed E-state index contributed by atoms with van der Waals surface area (Å²) in [5.41, 5.74) is 1.61. The van der Waals surface area contributed by atoms with Gasteiger partial charge < -0.3 is 20.1 Å². The van der Waals surface area contributed by atoms with Crippen molar-refractivity contribution in [3.8, 4) is 0 Å². The summed E-state index contributed by atoms with van der Waals surface area (Å²) >= 11 is 0. The molecule has 1 amide bonds. The van der Waals surface area contributed by atoms with E-state index in [4.69, 9.17) is 4.74 Å². The lowest BCUT2D eigenvalue weighted by Crippen LogP contribution is -2.43. The lowest BCUT2D eigenvalue weighted by atomic mass is 9.64. The Kier molecular flexibility index (Phi) is 7.22. The summed E-state index contributed by atoms with van der Waals surface area (Å²) in [6, 6.07) is 11.4. The minimum absolute atomic E-state index is 0.264. The fraction of sp³-hybridized carbons (Fsp3) is 0.481. The molecular formula is C27H33FN2O4. The van der Waals surface area contributed by atoms with Crippen LogP contribution < -0.4 is 10.2 Å². The number of nitrogens with one attached hydrogen (secondary N) is 1. The molecule has 4 rings (SSSR count). The summed E-state index contributed by atoms with van der Waals surface area (Å²) in [5.74, 6) is -1.20. The van der Waals surface area contributed by atoms with E-state index >= 15 is 0 Å². The van der Waals surface area contributed by atoms with Crippen molar-refractivity contribution in [3.05, 3.63) is 59.4 Å². The van der Waals surface area contributed by atoms with Crippen LogP contribution in [0, 0.1) is 11.7 Å². The lowest BCUT2D eigenvalue weighted by molar-refractivity contribution is -0.147. The van der Waals surface area contributed by atoms with E-state index in [1.165, 1.54) is 24.3 Å². The molecule has 0 aromatic heterocycles. The number of benzene rings is 2. The van der Waals surface area contributed by atoms with Crippen molar-refractivity contribution in [2.75, 3.05) is 30.0 Å². The molecule has 1 aliphatic carbocycles. The van der Waals surface area contributed by atoms with Crippen LogP contribution in [0.25, 0.3) is 0 Å². The van der Waals surface area contributed by atoms with E-state index in [1.54, 1.807) is 0 Å². The molecule has 2 N–H and O–H groups in total. The molecule has 6 nitrogen and oxygen atoms in total. The molecular weight excluding hydrogens is 435 g/mol. The zero-order valence-electron chi connectivity index (χ0n) is 19.9. The van der Waals surface area contributed by atoms with Gasteiger partial charge >= 0.3 is 5.97 Å². The largest absolute Gasteiger partial charge is 0.481 e. The summed E-state index contributed by atoms with van der Waals surface area (Å²) in [7, 11) is 0. The van der Waals surface area contributed by atoms with E-state index in [0.717, 1.165) is 31.5 Å². The Hall–Kier alpha value is -2.93. The van der Waals surface area contributed by atoms with Crippen molar-refractivity contribution in [2.45, 2.75) is 57.4 Å². The number of hydrogen-bond donors (Lipinski definition) is 2. The van der Waals surface area contributed by atoms with Crippen LogP contribution in [-0.2, 0) is 14.9 Å². The molecule has 1 aliphatic heterocycles. The highest BCUT2D eigenvalue weighted by Gasteiger charge is 2.46. The first-order valence-corrected chi connectivity index (χ1v) is 12.1. The highest BCUT2D eigenvalue weighted by atomic mass is 19.1. The second-order valence-electron chi connectivity index (χ2n) is 9.82. The molecule has 1 saturated heterocycles. The Morgan fingerprint density at radius 2 is 1.82 bits per heavy atom. The van der Waals surface area contributed by atoms with Crippen LogP contribution in [0.4, 0.5) is 15.8 Å². The quantitative estimate of drug-likeness (QED) is 0.555. The molecule has 0 bridgehead atoms. The molecule has 0 radical (unpaired) electrons. The molecule has 34 heavy (non-hydrogen) atoms. The summed E-state index contributed by atoms with van der Waals surface area (Å²) in [6.07, 6.45) is 3.82. The molecule has 2 aliphatic rings. The number of amides is 1. The van der Waals surface area contributed by atoms with Gasteiger partial charge in [0.2, 0.25) is 0 Å². The highest BCUT2D eigenvalue weighted by molar-refractivity contribution is 6.06. The third kappa shape index (κ3) is 4.94. The summed E-state index contributed by atoms with van der Waals surface area (Å²) in [6.45, 7) is 6.50. The predicted molar refractivity (Wildman–Crippen MR) is 130 cm³/mol. The van der Waals surface area contributed by atoms with Crippen LogP contribution in [0.5, 0.6) is 0 Å². The monoisotopic (exact) mass is 468 g/mol. The Morgan fingerprint density at radius 1 is 1.15 bits per heavy atom. The summed E-state index contributed by atoms with van der Waals surface area (Å²) in [4.78, 5) is 27.6. The molecule has 0 spiro atoms. The third-order valence-electron chi connectivity index (χ3n) is 7.02. The zero-order valence-corrected chi connectivity index (χ0v) is 19.9. The molecule has 1 heterocycles. The molecule has 182 valence electrons. The SMILES string of the molecule is CC(C)CN(c1ccc(C2(C(=O)O)CCC2)cc1NC(=O)c1ccc(F)cc1)C1CCOCC1. The fourth-order valence-electron chi connectivity index (χ4n) is 4.97. The Labute approximate surface area is 200 Å². The highest BCUT2D eigenvalue weighted by Crippen LogP contribution is 2.46. The van der Waals surface area contributed by atoms with Crippen molar-refractivity contribution in [2.24, 2.45) is 5.92 Å². The first kappa shape index (κ1) is 24.2. The van der Waals surface area contributed by atoms with Gasteiger partial charge in [-0.2, -0.15) is 0 Å². The Morgan fingerprint density at radius 3 is 2.38 bits per heavy atom. The van der Waals surface area contributed by atoms with Crippen molar-refractivity contribution in [1.29, 1.82) is 0 Å². The van der Waals surface area contributed by atoms with Crippen molar-refractivity contribution < 1.29 is 23.8 Å². The number of carboxylic acids is 1. The van der Waals surface area contributed by atoms with Gasteiger partial charge in [0.05, 0.1) is 16.8 Å². The van der Waals surface area contributed by atoms with Crippen molar-refractivity contribution in [1.82, 2.24) is 0 Å². The number of rotatable bonds is 8. The molecule has 2 fully saturated rings. The first-order valence-electron chi connectivity index (χ1n) is 12.1. The number of hydrogen-bond acceptors (Lipinski definition) is 4. The van der Waals surface area contributed by atoms with Gasteiger partial charge in [-0.05, 0) is 73.6 Å². The van der Waals surface area contributed by atoms with E-state index in [2.05, 4.69) is 24.1 Å². The van der Waals surface area contributed by atoms with E-state index in [0.29, 0.717) is 48.8 Å². The number of nitrogens with zero attached hydrogens (tertiary/aromatic N) is 1. The molecule has 1 saturated carbocycles. The fourth-order valence-corrected chi connectivity index (χ4v) is 4.97. The van der Waals surface area contributed by atoms with Gasteiger partial charge in [-0.1, -0.05) is 26.3 Å². The average Bonchev–Trinajstić information content (AvgIpc) is 2.78. The van der Waals surface area contributed by atoms with Gasteiger partial charge in [-0.3, -0.25) is 9.59 Å². The maximum atomic E-state index is 13.4. The van der Waals surface area contributed by atoms with Crippen LogP contribution in [0.3, 0.4) is 0 Å². The first-order chi connectivity index (χ1) is 16.3. The number of carbonyl (C=O) groups excluding carboxylic acids is 1. The second kappa shape index (κ2) is 10.1. The van der Waals surface area contributed by atoms with E-state index in [1.807, 2.05) is 18.2 Å². The maximum Gasteiger partial charge on any atom is 0.314 e. The maximum absolute atomic E-state index is 13.4. The van der Waals surface area contributed by atoms with Crippen LogP contribution in [0.15, 0.2) is 42.5 Å². The third-order valence-corrected chi connectivity index (χ3v) is 7.02. The summed E-state index contributed by atoms with van der Waals surface area (Å²) in [5, 5.41) is 13.0. The standard InChI is InChI=1S/C27H33FN2O4/c1-18(2)17-30(22-10-14-34-15-11-22)24-9-6-20(27(26(32)33)12-3-13-27)16-23(24)29-25(31)19-4-7-21(28)8-5-19/h4-9,16,18,22H,3,10-15,17H2,1-2H3,(H,29,31)(H,32,33). The van der Waals surface area contributed by atoms with Crippen molar-refractivity contribution in [3.63, 3.8) is 0 Å². The number of carboxylic acid groups (broad SMARTS) is 1. The zero-order chi connectivity index (χ0) is 24.3. The van der Waals surface area contributed by atoms with Crippen LogP contribution in [0.1, 0.15) is 61.9 Å². The predicted octanol–water partition coefficient (Wildman–Crippen LogP) is 5.23. The number of halogens is 1. The van der Waals surface area contributed by atoms with Gasteiger partial charge in [-0.15, -0.1) is 0 Å². The van der Waals surface area contributed by atoms with Crippen LogP contribution in [-0.4, -0.2) is 42.8 Å². The molecule has 2 aromatic rings. The van der Waals surface area contributed by atoms with Crippen LogP contribution in [0.2, 0.25) is 0 Å². The van der Waals surface area contributed by atoms with E-state index in [-0.39, 0.29) is 11.9 Å². The Balaban J connectivity index is 1.75. The number of ether oxygens (including phenoxy) is 1. The molecule has 0 atom stereocenters. The van der Waals surface area contributed by atoms with Gasteiger partial charge in [0.15, 0.2) is 0 Å². The Bertz CT molecular complexity index is 1030. The number of carbonyl (C=O) groups is 2. The lowest BCUT2D eigenvalue weighted by Gasteiger charge is -2.40. The van der Waals surface area contributed by atoms with Gasteiger partial charge in [0, 0.05) is 31.4 Å². The van der Waals surface area contributed by atoms with Crippen molar-refractivity contribution >= 4 is 23.3 Å². The normalized spacial score (nSPS) is 17.8. The molecule has 0 unspecified atom stereocenters. The average molecular weight is 469 g/mol. The summed E-state index contributed by atoms with van der Waals surface area (Å²) < 4.78 is 18.9. The smallest absolute Gasteiger partial charge is 0.314 e. The van der Waals surface area contributed by atoms with Gasteiger partial charge in [0.25, 0.3) is 5.91 Å². The van der Waals surface area contributed by atoms with Crippen LogP contribution >= 0.6 is 0 Å². The topological polar surface area (TPSA) is 78.9 Å². The minimum atomic E-state index is -0.907. The molecule has 2 aromatic carbocycles. The van der Waals surface area contributed by atoms with E-state index < -0.39 is 17.2 Å². The minimum Gasteiger partial charge on any atom is -0.481 e. The van der Waals surface area contributed by atoms with E-state index in [9.17, 15) is 19.1 Å². The van der Waals surface area contributed by atoms with Gasteiger partial charge in [-0.25, -0.2) is 4.39 Å². The van der Waals surface area contributed by atoms with Gasteiger partial charge in [0.1, 0.15) is 5.82 Å². The molecule has 7 heteroatoms. The number of anilines is 2.